The molecular weight excluding hydrogens is 270 g/mol. The zero-order valence-corrected chi connectivity index (χ0v) is 11.6. The van der Waals surface area contributed by atoms with Crippen molar-refractivity contribution in [2.75, 3.05) is 27.3 Å². The molecule has 19 heavy (non-hydrogen) atoms. The first-order chi connectivity index (χ1) is 9.02. The summed E-state index contributed by atoms with van der Waals surface area (Å²) in [4.78, 5) is 24.1. The first-order valence-corrected chi connectivity index (χ1v) is 6.10. The van der Waals surface area contributed by atoms with Gasteiger partial charge in [-0.25, -0.2) is 0 Å². The molecule has 0 bridgehead atoms. The van der Waals surface area contributed by atoms with E-state index < -0.39 is 0 Å². The van der Waals surface area contributed by atoms with Gasteiger partial charge in [0.1, 0.15) is 5.75 Å². The third-order valence-electron chi connectivity index (χ3n) is 2.48. The number of benzene rings is 1. The maximum atomic E-state index is 11.7. The Morgan fingerprint density at radius 3 is 2.47 bits per heavy atom. The van der Waals surface area contributed by atoms with Gasteiger partial charge in [-0.3, -0.25) is 9.59 Å². The van der Waals surface area contributed by atoms with Crippen molar-refractivity contribution < 1.29 is 19.1 Å². The van der Waals surface area contributed by atoms with Crippen LogP contribution in [0.4, 0.5) is 0 Å². The summed E-state index contributed by atoms with van der Waals surface area (Å²) in [6.45, 7) is 0.217. The van der Waals surface area contributed by atoms with Gasteiger partial charge in [-0.05, 0) is 24.3 Å². The third kappa shape index (κ3) is 5.61. The van der Waals surface area contributed by atoms with Crippen molar-refractivity contribution in [3.05, 3.63) is 29.3 Å². The van der Waals surface area contributed by atoms with E-state index in [4.69, 9.17) is 16.3 Å². The smallest absolute Gasteiger partial charge is 0.307 e. The number of carbonyl (C=O) groups is 2. The summed E-state index contributed by atoms with van der Waals surface area (Å²) in [7, 11) is 2.92. The van der Waals surface area contributed by atoms with Crippen LogP contribution in [0.15, 0.2) is 24.3 Å². The zero-order chi connectivity index (χ0) is 14.3. The van der Waals surface area contributed by atoms with Crippen molar-refractivity contribution >= 4 is 23.5 Å². The lowest BCUT2D eigenvalue weighted by Crippen LogP contribution is -2.33. The molecule has 0 radical (unpaired) electrons. The average molecular weight is 286 g/mol. The quantitative estimate of drug-likeness (QED) is 0.747. The fraction of sp³-hybridized carbons (Fsp3) is 0.385. The van der Waals surface area contributed by atoms with Crippen molar-refractivity contribution in [2.24, 2.45) is 0 Å². The number of hydrogen-bond donors (Lipinski definition) is 0. The summed E-state index contributed by atoms with van der Waals surface area (Å²) >= 11 is 5.73. The Balaban J connectivity index is 2.34. The van der Waals surface area contributed by atoms with Crippen LogP contribution < -0.4 is 4.74 Å². The predicted molar refractivity (Wildman–Crippen MR) is 71.2 cm³/mol. The van der Waals surface area contributed by atoms with E-state index in [2.05, 4.69) is 4.74 Å². The van der Waals surface area contributed by atoms with Crippen molar-refractivity contribution in [3.8, 4) is 5.75 Å². The minimum absolute atomic E-state index is 0.0840. The third-order valence-corrected chi connectivity index (χ3v) is 2.73. The first-order valence-electron chi connectivity index (χ1n) is 5.72. The lowest BCUT2D eigenvalue weighted by molar-refractivity contribution is -0.141. The Morgan fingerprint density at radius 1 is 1.26 bits per heavy atom. The van der Waals surface area contributed by atoms with Crippen LogP contribution in [0, 0.1) is 0 Å². The fourth-order valence-corrected chi connectivity index (χ4v) is 1.40. The normalized spacial score (nSPS) is 9.84. The predicted octanol–water partition coefficient (Wildman–Crippen LogP) is 1.74. The number of rotatable bonds is 6. The Labute approximate surface area is 117 Å². The molecule has 0 aliphatic rings. The number of esters is 1. The second kappa shape index (κ2) is 7.63. The number of likely N-dealkylation sites (N-methyl/N-ethyl adjacent to an activating group) is 1. The van der Waals surface area contributed by atoms with E-state index in [1.165, 1.54) is 12.0 Å². The maximum Gasteiger partial charge on any atom is 0.307 e. The van der Waals surface area contributed by atoms with Crippen LogP contribution >= 0.6 is 11.6 Å². The lowest BCUT2D eigenvalue weighted by atomic mass is 10.3. The summed E-state index contributed by atoms with van der Waals surface area (Å²) in [5.74, 6) is 0.0104. The van der Waals surface area contributed by atoms with E-state index in [1.807, 2.05) is 0 Å². The number of nitrogens with zero attached hydrogens (tertiary/aromatic N) is 1. The van der Waals surface area contributed by atoms with E-state index in [0.717, 1.165) is 0 Å². The molecule has 1 aromatic carbocycles. The van der Waals surface area contributed by atoms with Crippen LogP contribution in [-0.2, 0) is 14.3 Å². The fourth-order valence-electron chi connectivity index (χ4n) is 1.27. The summed E-state index contributed by atoms with van der Waals surface area (Å²) in [5.41, 5.74) is 0. The molecule has 0 N–H and O–H groups in total. The summed E-state index contributed by atoms with van der Waals surface area (Å²) in [6, 6.07) is 6.73. The van der Waals surface area contributed by atoms with Gasteiger partial charge in [0.15, 0.2) is 6.61 Å². The van der Waals surface area contributed by atoms with Gasteiger partial charge in [0.05, 0.1) is 13.5 Å². The Morgan fingerprint density at radius 2 is 1.89 bits per heavy atom. The van der Waals surface area contributed by atoms with E-state index in [9.17, 15) is 9.59 Å². The van der Waals surface area contributed by atoms with Crippen molar-refractivity contribution in [3.63, 3.8) is 0 Å². The highest BCUT2D eigenvalue weighted by atomic mass is 35.5. The molecule has 0 unspecified atom stereocenters. The van der Waals surface area contributed by atoms with Crippen molar-refractivity contribution in [1.29, 1.82) is 0 Å². The minimum atomic E-state index is -0.349. The van der Waals surface area contributed by atoms with Gasteiger partial charge in [0, 0.05) is 18.6 Å². The van der Waals surface area contributed by atoms with Gasteiger partial charge in [0.25, 0.3) is 5.91 Å². The number of ether oxygens (including phenoxy) is 2. The molecule has 5 nitrogen and oxygen atoms in total. The van der Waals surface area contributed by atoms with Gasteiger partial charge in [0.2, 0.25) is 0 Å². The van der Waals surface area contributed by atoms with Crippen LogP contribution in [0.5, 0.6) is 5.75 Å². The molecule has 0 spiro atoms. The molecule has 0 atom stereocenters. The highest BCUT2D eigenvalue weighted by Crippen LogP contribution is 2.15. The number of carbonyl (C=O) groups excluding carboxylic acids is 2. The molecule has 1 rings (SSSR count). The second-order valence-electron chi connectivity index (χ2n) is 3.88. The molecule has 1 amide bonds. The van der Waals surface area contributed by atoms with Gasteiger partial charge in [-0.1, -0.05) is 11.6 Å². The summed E-state index contributed by atoms with van der Waals surface area (Å²) in [5, 5.41) is 0.605. The number of amides is 1. The van der Waals surface area contributed by atoms with Crippen molar-refractivity contribution in [2.45, 2.75) is 6.42 Å². The monoisotopic (exact) mass is 285 g/mol. The van der Waals surface area contributed by atoms with E-state index in [0.29, 0.717) is 17.3 Å². The second-order valence-corrected chi connectivity index (χ2v) is 4.32. The van der Waals surface area contributed by atoms with E-state index in [-0.39, 0.29) is 24.9 Å². The molecule has 0 heterocycles. The standard InChI is InChI=1S/C13H16ClNO4/c1-15(8-7-13(17)18-2)12(16)9-19-11-5-3-10(14)4-6-11/h3-6H,7-9H2,1-2H3. The topological polar surface area (TPSA) is 55.8 Å². The van der Waals surface area contributed by atoms with Crippen LogP contribution in [0.3, 0.4) is 0 Å². The van der Waals surface area contributed by atoms with Crippen LogP contribution in [0.2, 0.25) is 5.02 Å². The highest BCUT2D eigenvalue weighted by Gasteiger charge is 2.11. The minimum Gasteiger partial charge on any atom is -0.484 e. The molecule has 6 heteroatoms. The summed E-state index contributed by atoms with van der Waals surface area (Å²) < 4.78 is 9.81. The Hall–Kier alpha value is -1.75. The van der Waals surface area contributed by atoms with Gasteiger partial charge in [-0.2, -0.15) is 0 Å². The number of methoxy groups -OCH3 is 1. The Bertz CT molecular complexity index is 433. The van der Waals surface area contributed by atoms with Crippen LogP contribution in [0.25, 0.3) is 0 Å². The zero-order valence-electron chi connectivity index (χ0n) is 10.9. The molecule has 0 aromatic heterocycles. The molecule has 0 saturated carbocycles. The highest BCUT2D eigenvalue weighted by molar-refractivity contribution is 6.30. The van der Waals surface area contributed by atoms with Gasteiger partial charge >= 0.3 is 5.97 Å². The molecule has 1 aromatic rings. The largest absolute Gasteiger partial charge is 0.484 e. The van der Waals surface area contributed by atoms with Gasteiger partial charge < -0.3 is 14.4 Å². The SMILES string of the molecule is COC(=O)CCN(C)C(=O)COc1ccc(Cl)cc1. The van der Waals surface area contributed by atoms with E-state index in [1.54, 1.807) is 31.3 Å². The lowest BCUT2D eigenvalue weighted by Gasteiger charge is -2.16. The molecular formula is C13H16ClNO4. The molecule has 0 fully saturated rings. The molecule has 0 saturated heterocycles. The first kappa shape index (κ1) is 15.3. The Kier molecular flexibility index (Phi) is 6.15. The van der Waals surface area contributed by atoms with Crippen LogP contribution in [0.1, 0.15) is 6.42 Å². The molecule has 0 aliphatic heterocycles. The summed E-state index contributed by atoms with van der Waals surface area (Å²) in [6.07, 6.45) is 0.166. The molecule has 0 aliphatic carbocycles. The van der Waals surface area contributed by atoms with Crippen LogP contribution in [-0.4, -0.2) is 44.1 Å². The van der Waals surface area contributed by atoms with E-state index >= 15 is 0 Å². The molecule has 104 valence electrons. The van der Waals surface area contributed by atoms with Gasteiger partial charge in [-0.15, -0.1) is 0 Å². The van der Waals surface area contributed by atoms with Crippen molar-refractivity contribution in [1.82, 2.24) is 4.90 Å². The number of hydrogen-bond acceptors (Lipinski definition) is 4. The number of halogens is 1. The maximum absolute atomic E-state index is 11.7. The average Bonchev–Trinajstić information content (AvgIpc) is 2.43.